The number of carbonyl (C=O) groups is 1. The first-order valence-electron chi connectivity index (χ1n) is 8.90. The molecule has 0 bridgehead atoms. The van der Waals surface area contributed by atoms with Gasteiger partial charge in [0.1, 0.15) is 17.9 Å². The van der Waals surface area contributed by atoms with Crippen LogP contribution in [0.15, 0.2) is 42.5 Å². The lowest BCUT2D eigenvalue weighted by molar-refractivity contribution is -0.152. The summed E-state index contributed by atoms with van der Waals surface area (Å²) in [6.45, 7) is -2.18. The molecule has 0 spiro atoms. The summed E-state index contributed by atoms with van der Waals surface area (Å²) in [6.07, 6.45) is 5.01. The van der Waals surface area contributed by atoms with Gasteiger partial charge in [0.2, 0.25) is 0 Å². The van der Waals surface area contributed by atoms with Crippen LogP contribution < -0.4 is 9.61 Å². The minimum Gasteiger partial charge on any atom is -0.461 e. The lowest BCUT2D eigenvalue weighted by Crippen LogP contribution is -2.36. The van der Waals surface area contributed by atoms with Gasteiger partial charge in [-0.05, 0) is 44.1 Å². The van der Waals surface area contributed by atoms with Gasteiger partial charge in [-0.2, -0.15) is 0 Å². The standard InChI is InChI=1S/C19H23ClNO4P/c1-14(19(22)24-16-10-3-2-4-11-16)21-26(20,23)25-18-13-7-9-15-8-5-6-12-17(15)18/h5-9,12-14,16H,2-4,10-11H2,1H3,(H,21,23)/t14-,26?/m0/s1. The van der Waals surface area contributed by atoms with Crippen LogP contribution in [0.25, 0.3) is 10.8 Å². The number of nitrogens with one attached hydrogen (secondary N) is 1. The average Bonchev–Trinajstić information content (AvgIpc) is 2.62. The molecule has 0 radical (unpaired) electrons. The number of hydrogen-bond donors (Lipinski definition) is 1. The topological polar surface area (TPSA) is 64.6 Å². The highest BCUT2D eigenvalue weighted by Gasteiger charge is 2.30. The van der Waals surface area contributed by atoms with Crippen molar-refractivity contribution in [3.05, 3.63) is 42.5 Å². The Bertz CT molecular complexity index is 817. The number of ether oxygens (including phenoxy) is 1. The second kappa shape index (κ2) is 8.43. The molecule has 5 nitrogen and oxygen atoms in total. The molecule has 0 saturated heterocycles. The summed E-state index contributed by atoms with van der Waals surface area (Å²) in [5.41, 5.74) is 0. The molecule has 1 N–H and O–H groups in total. The molecule has 2 aromatic rings. The predicted octanol–water partition coefficient (Wildman–Crippen LogP) is 5.42. The smallest absolute Gasteiger partial charge is 0.409 e. The molecule has 1 aliphatic rings. The summed E-state index contributed by atoms with van der Waals surface area (Å²) in [7, 11) is 0. The van der Waals surface area contributed by atoms with Gasteiger partial charge >= 0.3 is 12.8 Å². The molecule has 1 unspecified atom stereocenters. The summed E-state index contributed by atoms with van der Waals surface area (Å²) in [5.74, 6) is -0.0546. The molecule has 2 atom stereocenters. The van der Waals surface area contributed by atoms with Crippen molar-refractivity contribution >= 4 is 34.9 Å². The second-order valence-corrected chi connectivity index (χ2v) is 9.33. The normalized spacial score (nSPS) is 18.8. The van der Waals surface area contributed by atoms with Gasteiger partial charge in [-0.25, -0.2) is 9.65 Å². The molecule has 0 aliphatic heterocycles. The van der Waals surface area contributed by atoms with Gasteiger partial charge in [-0.3, -0.25) is 4.79 Å². The Balaban J connectivity index is 1.64. The first-order valence-corrected chi connectivity index (χ1v) is 11.4. The van der Waals surface area contributed by atoms with Gasteiger partial charge in [0.05, 0.1) is 0 Å². The zero-order chi connectivity index (χ0) is 18.6. The molecular weight excluding hydrogens is 373 g/mol. The van der Waals surface area contributed by atoms with Crippen molar-refractivity contribution < 1.29 is 18.6 Å². The van der Waals surface area contributed by atoms with Crippen LogP contribution in [0, 0.1) is 0 Å². The van der Waals surface area contributed by atoms with E-state index >= 15 is 0 Å². The molecule has 1 aliphatic carbocycles. The predicted molar refractivity (Wildman–Crippen MR) is 104 cm³/mol. The fourth-order valence-electron chi connectivity index (χ4n) is 3.16. The molecule has 3 rings (SSSR count). The minimum absolute atomic E-state index is 0.0609. The van der Waals surface area contributed by atoms with Crippen molar-refractivity contribution in [1.82, 2.24) is 5.09 Å². The van der Waals surface area contributed by atoms with Gasteiger partial charge in [0.25, 0.3) is 0 Å². The van der Waals surface area contributed by atoms with Crippen LogP contribution in [0.4, 0.5) is 0 Å². The number of benzene rings is 2. The molecule has 140 valence electrons. The first kappa shape index (κ1) is 19.2. The highest BCUT2D eigenvalue weighted by atomic mass is 35.7. The molecular formula is C19H23ClNO4P. The number of hydrogen-bond acceptors (Lipinski definition) is 4. The van der Waals surface area contributed by atoms with Crippen LogP contribution in [0.5, 0.6) is 5.75 Å². The van der Waals surface area contributed by atoms with Gasteiger partial charge < -0.3 is 9.26 Å². The highest BCUT2D eigenvalue weighted by Crippen LogP contribution is 2.50. The summed E-state index contributed by atoms with van der Waals surface area (Å²) in [4.78, 5) is 12.2. The molecule has 1 fully saturated rings. The highest BCUT2D eigenvalue weighted by molar-refractivity contribution is 7.84. The summed E-state index contributed by atoms with van der Waals surface area (Å²) >= 11 is 6.07. The summed E-state index contributed by atoms with van der Waals surface area (Å²) in [6, 6.07) is 12.2. The van der Waals surface area contributed by atoms with Gasteiger partial charge in [0, 0.05) is 16.6 Å². The molecule has 0 aromatic heterocycles. The quantitative estimate of drug-likeness (QED) is 0.522. The van der Waals surface area contributed by atoms with E-state index in [0.29, 0.717) is 5.75 Å². The number of rotatable bonds is 6. The first-order chi connectivity index (χ1) is 12.4. The molecule has 7 heteroatoms. The van der Waals surface area contributed by atoms with E-state index in [1.54, 1.807) is 19.1 Å². The SMILES string of the molecule is C[C@H](NP(=O)(Cl)Oc1cccc2ccccc12)C(=O)OC1CCCCC1. The monoisotopic (exact) mass is 395 g/mol. The van der Waals surface area contributed by atoms with E-state index < -0.39 is 18.9 Å². The van der Waals surface area contributed by atoms with E-state index in [2.05, 4.69) is 5.09 Å². The Hall–Kier alpha value is -1.55. The lowest BCUT2D eigenvalue weighted by Gasteiger charge is -2.24. The maximum atomic E-state index is 12.7. The van der Waals surface area contributed by atoms with Crippen LogP contribution >= 0.6 is 18.1 Å². The largest absolute Gasteiger partial charge is 0.461 e. The second-order valence-electron chi connectivity index (χ2n) is 6.60. The van der Waals surface area contributed by atoms with E-state index in [9.17, 15) is 9.36 Å². The van der Waals surface area contributed by atoms with Crippen molar-refractivity contribution in [3.63, 3.8) is 0 Å². The fourth-order valence-corrected chi connectivity index (χ4v) is 4.86. The minimum atomic E-state index is -3.76. The van der Waals surface area contributed by atoms with E-state index in [4.69, 9.17) is 20.5 Å². The summed E-state index contributed by atoms with van der Waals surface area (Å²) in [5, 5.41) is 4.33. The van der Waals surface area contributed by atoms with Crippen LogP contribution in [-0.2, 0) is 14.1 Å². The van der Waals surface area contributed by atoms with Crippen LogP contribution in [0.1, 0.15) is 39.0 Å². The third-order valence-corrected chi connectivity index (χ3v) is 6.13. The number of esters is 1. The number of fused-ring (bicyclic) bond motifs is 1. The molecule has 2 aromatic carbocycles. The molecule has 1 saturated carbocycles. The van der Waals surface area contributed by atoms with Gasteiger partial charge in [-0.1, -0.05) is 42.8 Å². The fraction of sp³-hybridized carbons (Fsp3) is 0.421. The van der Waals surface area contributed by atoms with Gasteiger partial charge in [-0.15, -0.1) is 0 Å². The van der Waals surface area contributed by atoms with Crippen molar-refractivity contribution in [2.45, 2.75) is 51.2 Å². The van der Waals surface area contributed by atoms with Crippen LogP contribution in [-0.4, -0.2) is 18.1 Å². The number of halogens is 1. The van der Waals surface area contributed by atoms with Crippen LogP contribution in [0.3, 0.4) is 0 Å². The van der Waals surface area contributed by atoms with E-state index in [1.165, 1.54) is 6.42 Å². The zero-order valence-corrected chi connectivity index (χ0v) is 16.3. The Labute approximate surface area is 158 Å². The van der Waals surface area contributed by atoms with Crippen molar-refractivity contribution in [2.24, 2.45) is 0 Å². The average molecular weight is 396 g/mol. The summed E-state index contributed by atoms with van der Waals surface area (Å²) < 4.78 is 23.7. The maximum Gasteiger partial charge on any atom is 0.409 e. The van der Waals surface area contributed by atoms with E-state index in [0.717, 1.165) is 36.5 Å². The molecule has 0 heterocycles. The number of carbonyl (C=O) groups excluding carboxylic acids is 1. The molecule has 0 amide bonds. The van der Waals surface area contributed by atoms with Crippen molar-refractivity contribution in [3.8, 4) is 5.75 Å². The third-order valence-electron chi connectivity index (χ3n) is 4.50. The van der Waals surface area contributed by atoms with Crippen molar-refractivity contribution in [2.75, 3.05) is 0 Å². The van der Waals surface area contributed by atoms with Crippen molar-refractivity contribution in [1.29, 1.82) is 0 Å². The Morgan fingerprint density at radius 1 is 1.15 bits per heavy atom. The van der Waals surface area contributed by atoms with Gasteiger partial charge in [0.15, 0.2) is 0 Å². The zero-order valence-electron chi connectivity index (χ0n) is 14.7. The Morgan fingerprint density at radius 2 is 1.85 bits per heavy atom. The maximum absolute atomic E-state index is 12.7. The molecule has 26 heavy (non-hydrogen) atoms. The lowest BCUT2D eigenvalue weighted by atomic mass is 9.98. The third kappa shape index (κ3) is 5.00. The van der Waals surface area contributed by atoms with Crippen LogP contribution in [0.2, 0.25) is 0 Å². The Morgan fingerprint density at radius 3 is 2.62 bits per heavy atom. The Kier molecular flexibility index (Phi) is 6.23. The van der Waals surface area contributed by atoms with E-state index in [-0.39, 0.29) is 6.10 Å². The van der Waals surface area contributed by atoms with E-state index in [1.807, 2.05) is 30.3 Å².